The average molecular weight is 342 g/mol. The van der Waals surface area contributed by atoms with Crippen molar-refractivity contribution in [2.24, 2.45) is 0 Å². The number of carboxylic acids is 1. The highest BCUT2D eigenvalue weighted by Gasteiger charge is 2.40. The second kappa shape index (κ2) is 6.89. The molecule has 0 bridgehead atoms. The molecule has 0 spiro atoms. The summed E-state index contributed by atoms with van der Waals surface area (Å²) in [5.74, 6) is -0.683. The summed E-state index contributed by atoms with van der Waals surface area (Å²) in [6, 6.07) is 26.9. The van der Waals surface area contributed by atoms with E-state index in [-0.39, 0.29) is 5.92 Å². The van der Waals surface area contributed by atoms with Gasteiger partial charge in [0.25, 0.3) is 0 Å². The van der Waals surface area contributed by atoms with Crippen molar-refractivity contribution >= 4 is 12.0 Å². The molecule has 0 aliphatic carbocycles. The molecule has 0 aromatic heterocycles. The Kier molecular flexibility index (Phi) is 4.28. The predicted molar refractivity (Wildman–Crippen MR) is 101 cm³/mol. The van der Waals surface area contributed by atoms with Gasteiger partial charge in [0, 0.05) is 5.56 Å². The topological polar surface area (TPSA) is 46.5 Å². The van der Waals surface area contributed by atoms with Crippen LogP contribution in [0.15, 0.2) is 90.7 Å². The maximum absolute atomic E-state index is 12.2. The largest absolute Gasteiger partial charge is 0.481 e. The predicted octanol–water partition coefficient (Wildman–Crippen LogP) is 5.07. The molecule has 3 aromatic carbocycles. The molecule has 0 saturated heterocycles. The Balaban J connectivity index is 1.91. The monoisotopic (exact) mass is 342 g/mol. The van der Waals surface area contributed by atoms with Crippen LogP contribution in [0.2, 0.25) is 0 Å². The lowest BCUT2D eigenvalue weighted by molar-refractivity contribution is -0.139. The van der Waals surface area contributed by atoms with E-state index in [9.17, 15) is 9.90 Å². The van der Waals surface area contributed by atoms with E-state index in [0.717, 1.165) is 11.1 Å². The number of hydrogen-bond donors (Lipinski definition) is 1. The van der Waals surface area contributed by atoms with Gasteiger partial charge in [-0.2, -0.15) is 0 Å². The number of carbonyl (C=O) groups is 1. The summed E-state index contributed by atoms with van der Waals surface area (Å²) in [6.07, 6.45) is 1.93. The van der Waals surface area contributed by atoms with E-state index < -0.39 is 11.9 Å². The molecule has 4 rings (SSSR count). The van der Waals surface area contributed by atoms with Crippen molar-refractivity contribution in [3.63, 3.8) is 0 Å². The van der Waals surface area contributed by atoms with E-state index >= 15 is 0 Å². The van der Waals surface area contributed by atoms with Crippen LogP contribution in [0.25, 0.3) is 6.08 Å². The average Bonchev–Trinajstić information content (AvgIpc) is 2.68. The number of aliphatic carboxylic acids is 1. The molecule has 2 atom stereocenters. The van der Waals surface area contributed by atoms with Crippen LogP contribution in [0.4, 0.5) is 0 Å². The minimum atomic E-state index is -0.853. The molecule has 26 heavy (non-hydrogen) atoms. The maximum atomic E-state index is 12.2. The lowest BCUT2D eigenvalue weighted by atomic mass is 9.77. The number of hydrogen-bond acceptors (Lipinski definition) is 2. The van der Waals surface area contributed by atoms with Gasteiger partial charge >= 0.3 is 5.97 Å². The van der Waals surface area contributed by atoms with Gasteiger partial charge in [0.1, 0.15) is 11.5 Å². The first-order valence-electron chi connectivity index (χ1n) is 8.55. The molecule has 1 heterocycles. The third kappa shape index (κ3) is 3.00. The minimum absolute atomic E-state index is 0.385. The van der Waals surface area contributed by atoms with Crippen LogP contribution in [0.3, 0.4) is 0 Å². The van der Waals surface area contributed by atoms with Crippen LogP contribution in [0.5, 0.6) is 5.75 Å². The van der Waals surface area contributed by atoms with Gasteiger partial charge < -0.3 is 9.84 Å². The third-order valence-corrected chi connectivity index (χ3v) is 4.65. The molecule has 128 valence electrons. The van der Waals surface area contributed by atoms with Crippen molar-refractivity contribution in [3.05, 3.63) is 107 Å². The van der Waals surface area contributed by atoms with Gasteiger partial charge in [0.05, 0.1) is 11.8 Å². The van der Waals surface area contributed by atoms with Gasteiger partial charge in [-0.1, -0.05) is 78.9 Å². The van der Waals surface area contributed by atoms with Gasteiger partial charge in [0.2, 0.25) is 0 Å². The fourth-order valence-electron chi connectivity index (χ4n) is 3.49. The molecule has 3 nitrogen and oxygen atoms in total. The fourth-order valence-corrected chi connectivity index (χ4v) is 3.49. The van der Waals surface area contributed by atoms with Crippen LogP contribution in [-0.4, -0.2) is 11.1 Å². The summed E-state index contributed by atoms with van der Waals surface area (Å²) in [6.45, 7) is 0. The molecular formula is C23H18O3. The Labute approximate surface area is 152 Å². The summed E-state index contributed by atoms with van der Waals surface area (Å²) < 4.78 is 6.18. The van der Waals surface area contributed by atoms with Crippen molar-refractivity contribution in [1.82, 2.24) is 0 Å². The fraction of sp³-hybridized carbons (Fsp3) is 0.0870. The number of rotatable bonds is 3. The quantitative estimate of drug-likeness (QED) is 0.723. The molecule has 1 N–H and O–H groups in total. The summed E-state index contributed by atoms with van der Waals surface area (Å²) >= 11 is 0. The lowest BCUT2D eigenvalue weighted by Gasteiger charge is -2.33. The lowest BCUT2D eigenvalue weighted by Crippen LogP contribution is -2.28. The molecule has 0 saturated carbocycles. The summed E-state index contributed by atoms with van der Waals surface area (Å²) in [5.41, 5.74) is 2.61. The zero-order valence-electron chi connectivity index (χ0n) is 14.1. The molecule has 0 unspecified atom stereocenters. The van der Waals surface area contributed by atoms with Gasteiger partial charge in [-0.05, 0) is 23.3 Å². The van der Waals surface area contributed by atoms with Crippen LogP contribution in [0.1, 0.15) is 28.5 Å². The first kappa shape index (κ1) is 16.2. The van der Waals surface area contributed by atoms with Crippen molar-refractivity contribution < 1.29 is 14.6 Å². The number of para-hydroxylation sites is 1. The van der Waals surface area contributed by atoms with Crippen LogP contribution in [-0.2, 0) is 4.79 Å². The molecule has 0 amide bonds. The molecule has 1 aliphatic heterocycles. The summed E-state index contributed by atoms with van der Waals surface area (Å²) in [4.78, 5) is 12.2. The SMILES string of the molecule is O=C(O)[C@@H]1c2ccccc2O/C(=C\c2ccccc2)[C@H]1c1ccccc1. The van der Waals surface area contributed by atoms with E-state index in [1.165, 1.54) is 0 Å². The zero-order valence-corrected chi connectivity index (χ0v) is 14.1. The van der Waals surface area contributed by atoms with Gasteiger partial charge in [0.15, 0.2) is 0 Å². The maximum Gasteiger partial charge on any atom is 0.312 e. The Bertz CT molecular complexity index is 945. The Hall–Kier alpha value is -3.33. The van der Waals surface area contributed by atoms with E-state index in [4.69, 9.17) is 4.74 Å². The van der Waals surface area contributed by atoms with E-state index in [1.54, 1.807) is 0 Å². The van der Waals surface area contributed by atoms with Gasteiger partial charge in [-0.3, -0.25) is 4.79 Å². The molecule has 3 aromatic rings. The zero-order chi connectivity index (χ0) is 17.9. The van der Waals surface area contributed by atoms with E-state index in [2.05, 4.69) is 0 Å². The first-order valence-corrected chi connectivity index (χ1v) is 8.55. The normalized spacial score (nSPS) is 20.2. The molecule has 0 fully saturated rings. The molecule has 1 aliphatic rings. The number of benzene rings is 3. The molecule has 0 radical (unpaired) electrons. The number of allylic oxidation sites excluding steroid dienone is 1. The highest BCUT2D eigenvalue weighted by molar-refractivity contribution is 5.81. The standard InChI is InChI=1S/C23H18O3/c24-23(25)22-18-13-7-8-14-19(18)26-20(15-16-9-3-1-4-10-16)21(22)17-11-5-2-6-12-17/h1-15,21-22H,(H,24,25)/b20-15-/t21-,22-/m1/s1. The Morgan fingerprint density at radius 1 is 0.846 bits per heavy atom. The number of ether oxygens (including phenoxy) is 1. The van der Waals surface area contributed by atoms with Crippen LogP contribution >= 0.6 is 0 Å². The van der Waals surface area contributed by atoms with Gasteiger partial charge in [-0.15, -0.1) is 0 Å². The van der Waals surface area contributed by atoms with Crippen molar-refractivity contribution in [1.29, 1.82) is 0 Å². The van der Waals surface area contributed by atoms with Crippen molar-refractivity contribution in [2.75, 3.05) is 0 Å². The van der Waals surface area contributed by atoms with Gasteiger partial charge in [-0.25, -0.2) is 0 Å². The molecular weight excluding hydrogens is 324 g/mol. The third-order valence-electron chi connectivity index (χ3n) is 4.65. The first-order chi connectivity index (χ1) is 12.7. The van der Waals surface area contributed by atoms with Crippen molar-refractivity contribution in [2.45, 2.75) is 11.8 Å². The molecule has 3 heteroatoms. The van der Waals surface area contributed by atoms with Crippen LogP contribution in [0, 0.1) is 0 Å². The Morgan fingerprint density at radius 3 is 2.15 bits per heavy atom. The second-order valence-corrected chi connectivity index (χ2v) is 6.30. The highest BCUT2D eigenvalue weighted by Crippen LogP contribution is 2.47. The minimum Gasteiger partial charge on any atom is -0.481 e. The number of fused-ring (bicyclic) bond motifs is 1. The summed E-state index contributed by atoms with van der Waals surface area (Å²) in [5, 5.41) is 10.0. The highest BCUT2D eigenvalue weighted by atomic mass is 16.5. The second-order valence-electron chi connectivity index (χ2n) is 6.30. The smallest absolute Gasteiger partial charge is 0.312 e. The van der Waals surface area contributed by atoms with E-state index in [0.29, 0.717) is 17.1 Å². The number of carboxylic acid groups (broad SMARTS) is 1. The van der Waals surface area contributed by atoms with E-state index in [1.807, 2.05) is 91.0 Å². The van der Waals surface area contributed by atoms with Crippen LogP contribution < -0.4 is 4.74 Å². The van der Waals surface area contributed by atoms with Crippen molar-refractivity contribution in [3.8, 4) is 5.75 Å². The summed E-state index contributed by atoms with van der Waals surface area (Å²) in [7, 11) is 0. The Morgan fingerprint density at radius 2 is 1.46 bits per heavy atom.